The lowest BCUT2D eigenvalue weighted by Crippen LogP contribution is -2.48. The van der Waals surface area contributed by atoms with Crippen LogP contribution in [0.5, 0.6) is 0 Å². The molecule has 1 aromatic heterocycles. The highest BCUT2D eigenvalue weighted by Gasteiger charge is 2.20. The first-order chi connectivity index (χ1) is 11.9. The highest BCUT2D eigenvalue weighted by atomic mass is 19.1. The van der Waals surface area contributed by atoms with Crippen molar-refractivity contribution in [3.05, 3.63) is 41.7 Å². The third kappa shape index (κ3) is 4.01. The van der Waals surface area contributed by atoms with Crippen LogP contribution in [0.15, 0.2) is 24.3 Å². The van der Waals surface area contributed by atoms with Crippen molar-refractivity contribution < 1.29 is 13.6 Å². The Morgan fingerprint density at radius 2 is 1.84 bits per heavy atom. The molecule has 0 spiro atoms. The summed E-state index contributed by atoms with van der Waals surface area (Å²) >= 11 is 0. The zero-order valence-corrected chi connectivity index (χ0v) is 14.1. The number of hydrogen-bond donors (Lipinski definition) is 1. The number of carbonyl (C=O) groups excluding carboxylic acids is 1. The first kappa shape index (κ1) is 17.1. The largest absolute Gasteiger partial charge is 0.353 e. The minimum atomic E-state index is -0.687. The minimum absolute atomic E-state index is 0.0626. The molecule has 0 aliphatic carbocycles. The van der Waals surface area contributed by atoms with Crippen molar-refractivity contribution in [3.8, 4) is 0 Å². The summed E-state index contributed by atoms with van der Waals surface area (Å²) in [7, 11) is 0. The van der Waals surface area contributed by atoms with Gasteiger partial charge in [-0.05, 0) is 19.1 Å². The van der Waals surface area contributed by atoms with Gasteiger partial charge in [-0.25, -0.2) is 18.7 Å². The molecule has 0 saturated carbocycles. The Morgan fingerprint density at radius 1 is 1.12 bits per heavy atom. The summed E-state index contributed by atoms with van der Waals surface area (Å²) in [6.07, 6.45) is 0. The lowest BCUT2D eigenvalue weighted by atomic mass is 10.3. The molecule has 2 heterocycles. The zero-order chi connectivity index (χ0) is 18.0. The summed E-state index contributed by atoms with van der Waals surface area (Å²) in [6, 6.07) is 5.05. The lowest BCUT2D eigenvalue weighted by molar-refractivity contribution is -0.129. The van der Waals surface area contributed by atoms with Crippen LogP contribution in [0.25, 0.3) is 0 Å². The monoisotopic (exact) mass is 347 g/mol. The molecule has 1 saturated heterocycles. The fraction of sp³-hybridized carbons (Fsp3) is 0.353. The zero-order valence-electron chi connectivity index (χ0n) is 14.1. The van der Waals surface area contributed by atoms with Gasteiger partial charge in [0.05, 0.1) is 5.69 Å². The second-order valence-electron chi connectivity index (χ2n) is 5.90. The Kier molecular flexibility index (Phi) is 4.78. The molecule has 0 radical (unpaired) electrons. The Morgan fingerprint density at radius 3 is 2.48 bits per heavy atom. The summed E-state index contributed by atoms with van der Waals surface area (Å²) in [5.41, 5.74) is 0.145. The van der Waals surface area contributed by atoms with E-state index in [-0.39, 0.29) is 11.6 Å². The van der Waals surface area contributed by atoms with Gasteiger partial charge in [-0.15, -0.1) is 0 Å². The molecule has 3 rings (SSSR count). The van der Waals surface area contributed by atoms with Gasteiger partial charge in [-0.3, -0.25) is 4.79 Å². The number of piperazine rings is 1. The molecule has 1 fully saturated rings. The van der Waals surface area contributed by atoms with E-state index in [1.807, 2.05) is 0 Å². The van der Waals surface area contributed by atoms with Gasteiger partial charge in [0.1, 0.15) is 29.1 Å². The molecule has 1 N–H and O–H groups in total. The summed E-state index contributed by atoms with van der Waals surface area (Å²) in [5, 5.41) is 2.86. The molecular formula is C17H19F2N5O. The van der Waals surface area contributed by atoms with Crippen molar-refractivity contribution in [2.24, 2.45) is 0 Å². The highest BCUT2D eigenvalue weighted by molar-refractivity contribution is 5.73. The fourth-order valence-corrected chi connectivity index (χ4v) is 2.76. The Labute approximate surface area is 144 Å². The van der Waals surface area contributed by atoms with Crippen molar-refractivity contribution in [1.29, 1.82) is 0 Å². The smallest absolute Gasteiger partial charge is 0.219 e. The first-order valence-electron chi connectivity index (χ1n) is 8.00. The number of carbonyl (C=O) groups is 1. The topological polar surface area (TPSA) is 61.4 Å². The average Bonchev–Trinajstić information content (AvgIpc) is 2.57. The maximum Gasteiger partial charge on any atom is 0.219 e. The van der Waals surface area contributed by atoms with Crippen LogP contribution in [0.3, 0.4) is 0 Å². The average molecular weight is 347 g/mol. The SMILES string of the molecule is CC(=O)N1CCN(c2cc(Nc3ccc(F)cc3F)nc(C)n2)CC1. The Balaban J connectivity index is 1.78. The molecule has 1 aromatic carbocycles. The number of halogens is 2. The van der Waals surface area contributed by atoms with Gasteiger partial charge >= 0.3 is 0 Å². The van der Waals surface area contributed by atoms with Gasteiger partial charge in [-0.2, -0.15) is 0 Å². The number of benzene rings is 1. The lowest BCUT2D eigenvalue weighted by Gasteiger charge is -2.35. The molecule has 132 valence electrons. The van der Waals surface area contributed by atoms with E-state index in [9.17, 15) is 13.6 Å². The maximum absolute atomic E-state index is 13.8. The number of aromatic nitrogens is 2. The number of hydrogen-bond acceptors (Lipinski definition) is 5. The van der Waals surface area contributed by atoms with Crippen LogP contribution >= 0.6 is 0 Å². The van der Waals surface area contributed by atoms with E-state index in [0.29, 0.717) is 43.6 Å². The normalized spacial score (nSPS) is 14.6. The predicted molar refractivity (Wildman–Crippen MR) is 90.9 cm³/mol. The van der Waals surface area contributed by atoms with Crippen molar-refractivity contribution in [2.75, 3.05) is 36.4 Å². The second-order valence-corrected chi connectivity index (χ2v) is 5.90. The van der Waals surface area contributed by atoms with Crippen LogP contribution in [-0.4, -0.2) is 47.0 Å². The molecular weight excluding hydrogens is 328 g/mol. The molecule has 0 unspecified atom stereocenters. The third-order valence-electron chi connectivity index (χ3n) is 4.07. The van der Waals surface area contributed by atoms with Crippen LogP contribution in [0, 0.1) is 18.6 Å². The molecule has 1 aliphatic heterocycles. The highest BCUT2D eigenvalue weighted by Crippen LogP contribution is 2.23. The summed E-state index contributed by atoms with van der Waals surface area (Å²) in [4.78, 5) is 23.9. The molecule has 0 atom stereocenters. The van der Waals surface area contributed by atoms with Crippen LogP contribution in [0.1, 0.15) is 12.7 Å². The molecule has 1 aliphatic rings. The van der Waals surface area contributed by atoms with E-state index >= 15 is 0 Å². The van der Waals surface area contributed by atoms with E-state index in [2.05, 4.69) is 20.2 Å². The third-order valence-corrected chi connectivity index (χ3v) is 4.07. The Hall–Kier alpha value is -2.77. The summed E-state index contributed by atoms with van der Waals surface area (Å²) in [5.74, 6) is 0.422. The second kappa shape index (κ2) is 7.00. The van der Waals surface area contributed by atoms with Crippen molar-refractivity contribution in [2.45, 2.75) is 13.8 Å². The van der Waals surface area contributed by atoms with Gasteiger partial charge in [0.25, 0.3) is 0 Å². The fourth-order valence-electron chi connectivity index (χ4n) is 2.76. The summed E-state index contributed by atoms with van der Waals surface area (Å²) < 4.78 is 26.8. The number of aryl methyl sites for hydroxylation is 1. The van der Waals surface area contributed by atoms with E-state index < -0.39 is 11.6 Å². The number of nitrogens with zero attached hydrogens (tertiary/aromatic N) is 4. The first-order valence-corrected chi connectivity index (χ1v) is 8.00. The Bertz CT molecular complexity index is 791. The number of amides is 1. The quantitative estimate of drug-likeness (QED) is 0.924. The van der Waals surface area contributed by atoms with Crippen LogP contribution in [0.4, 0.5) is 26.1 Å². The summed E-state index contributed by atoms with van der Waals surface area (Å²) in [6.45, 7) is 5.91. The van der Waals surface area contributed by atoms with E-state index in [0.717, 1.165) is 6.07 Å². The molecule has 0 bridgehead atoms. The molecule has 8 heteroatoms. The van der Waals surface area contributed by atoms with Crippen molar-refractivity contribution in [3.63, 3.8) is 0 Å². The van der Waals surface area contributed by atoms with Crippen LogP contribution in [0.2, 0.25) is 0 Å². The van der Waals surface area contributed by atoms with Gasteiger partial charge < -0.3 is 15.1 Å². The number of rotatable bonds is 3. The van der Waals surface area contributed by atoms with Crippen LogP contribution in [-0.2, 0) is 4.79 Å². The molecule has 2 aromatic rings. The van der Waals surface area contributed by atoms with Gasteiger partial charge in [0.2, 0.25) is 5.91 Å². The van der Waals surface area contributed by atoms with Crippen molar-refractivity contribution >= 4 is 23.2 Å². The maximum atomic E-state index is 13.8. The van der Waals surface area contributed by atoms with Crippen LogP contribution < -0.4 is 10.2 Å². The molecule has 6 nitrogen and oxygen atoms in total. The minimum Gasteiger partial charge on any atom is -0.353 e. The van der Waals surface area contributed by atoms with Gasteiger partial charge in [0, 0.05) is 45.2 Å². The number of nitrogens with one attached hydrogen (secondary N) is 1. The van der Waals surface area contributed by atoms with Crippen molar-refractivity contribution in [1.82, 2.24) is 14.9 Å². The molecule has 25 heavy (non-hydrogen) atoms. The number of anilines is 3. The van der Waals surface area contributed by atoms with E-state index in [4.69, 9.17) is 0 Å². The van der Waals surface area contributed by atoms with E-state index in [1.165, 1.54) is 12.1 Å². The molecule has 1 amide bonds. The standard InChI is InChI=1S/C17H19F2N5O/c1-11-20-16(22-15-4-3-13(18)9-14(15)19)10-17(21-11)24-7-5-23(6-8-24)12(2)25/h3-4,9-10H,5-8H2,1-2H3,(H,20,21,22). The predicted octanol–water partition coefficient (Wildman–Crippen LogP) is 2.48. The van der Waals surface area contributed by atoms with E-state index in [1.54, 1.807) is 24.8 Å². The van der Waals surface area contributed by atoms with Gasteiger partial charge in [-0.1, -0.05) is 0 Å². The van der Waals surface area contributed by atoms with Gasteiger partial charge in [0.15, 0.2) is 0 Å².